The third-order valence-corrected chi connectivity index (χ3v) is 5.13. The number of methoxy groups -OCH3 is 1. The predicted molar refractivity (Wildman–Crippen MR) is 98.0 cm³/mol. The van der Waals surface area contributed by atoms with Gasteiger partial charge in [0.1, 0.15) is 0 Å². The third-order valence-electron chi connectivity index (χ3n) is 5.13. The molecule has 0 amide bonds. The minimum absolute atomic E-state index is 0.0877. The van der Waals surface area contributed by atoms with Gasteiger partial charge in [0.25, 0.3) is 0 Å². The largest absolute Gasteiger partial charge is 0.469 e. The number of hydrogen-bond donors (Lipinski definition) is 2. The average molecular weight is 360 g/mol. The Labute approximate surface area is 155 Å². The zero-order valence-corrected chi connectivity index (χ0v) is 15.3. The number of Topliss-reactive ketones (excluding diaryl/α,β-unsaturated/α-hetero) is 1. The van der Waals surface area contributed by atoms with Crippen LogP contribution in [0.2, 0.25) is 0 Å². The van der Waals surface area contributed by atoms with Crippen molar-refractivity contribution >= 4 is 11.8 Å². The molecule has 0 heterocycles. The molecular weight excluding hydrogens is 332 g/mol. The van der Waals surface area contributed by atoms with Crippen molar-refractivity contribution in [1.82, 2.24) is 0 Å². The molecule has 0 aromatic rings. The Morgan fingerprint density at radius 3 is 2.81 bits per heavy atom. The number of esters is 1. The Balaban J connectivity index is 1.94. The summed E-state index contributed by atoms with van der Waals surface area (Å²) in [5.74, 6) is 5.27. The standard InChI is InChI=1S/C21H28O5/c1-26-21(25)11-5-3-2-4-10-16-17(20(24)14-19(16)23)12-13-18(22)15-8-6-7-9-15/h10,12-13,15,17-18,20,22,24H,3,5-9,11,14H2,1H3/b13-12+,16-10-. The first kappa shape index (κ1) is 20.4. The summed E-state index contributed by atoms with van der Waals surface area (Å²) in [4.78, 5) is 23.1. The van der Waals surface area contributed by atoms with Crippen LogP contribution in [0.25, 0.3) is 0 Å². The molecule has 2 fully saturated rings. The smallest absolute Gasteiger partial charge is 0.305 e. The third kappa shape index (κ3) is 5.82. The Bertz CT molecular complexity index is 616. The maximum Gasteiger partial charge on any atom is 0.305 e. The molecule has 5 heteroatoms. The van der Waals surface area contributed by atoms with E-state index in [0.29, 0.717) is 24.8 Å². The quantitative estimate of drug-likeness (QED) is 0.250. The van der Waals surface area contributed by atoms with E-state index in [9.17, 15) is 19.8 Å². The Kier molecular flexibility index (Phi) is 8.08. The summed E-state index contributed by atoms with van der Waals surface area (Å²) >= 11 is 0. The Morgan fingerprint density at radius 1 is 1.38 bits per heavy atom. The van der Waals surface area contributed by atoms with Crippen LogP contribution < -0.4 is 0 Å². The highest BCUT2D eigenvalue weighted by molar-refractivity contribution is 5.99. The van der Waals surface area contributed by atoms with E-state index in [1.165, 1.54) is 7.11 Å². The van der Waals surface area contributed by atoms with Gasteiger partial charge in [0.2, 0.25) is 0 Å². The summed E-state index contributed by atoms with van der Waals surface area (Å²) < 4.78 is 4.56. The number of allylic oxidation sites excluding steroid dienone is 1. The number of ether oxygens (including phenoxy) is 1. The lowest BCUT2D eigenvalue weighted by Crippen LogP contribution is -2.17. The van der Waals surface area contributed by atoms with Gasteiger partial charge in [-0.05, 0) is 31.3 Å². The summed E-state index contributed by atoms with van der Waals surface area (Å²) in [6, 6.07) is 0. The summed E-state index contributed by atoms with van der Waals surface area (Å²) in [5, 5.41) is 20.4. The molecule has 2 aliphatic carbocycles. The van der Waals surface area contributed by atoms with Crippen LogP contribution in [0, 0.1) is 23.7 Å². The van der Waals surface area contributed by atoms with Crippen LogP contribution in [-0.2, 0) is 14.3 Å². The van der Waals surface area contributed by atoms with E-state index in [4.69, 9.17) is 0 Å². The number of ketones is 1. The van der Waals surface area contributed by atoms with Crippen LogP contribution in [0.1, 0.15) is 51.4 Å². The van der Waals surface area contributed by atoms with Crippen LogP contribution in [0.3, 0.4) is 0 Å². The van der Waals surface area contributed by atoms with E-state index in [1.54, 1.807) is 18.2 Å². The normalized spacial score (nSPS) is 26.3. The van der Waals surface area contributed by atoms with Gasteiger partial charge in [0.05, 0.1) is 19.3 Å². The van der Waals surface area contributed by atoms with Crippen LogP contribution in [-0.4, -0.2) is 41.3 Å². The molecule has 2 N–H and O–H groups in total. The Morgan fingerprint density at radius 2 is 2.12 bits per heavy atom. The highest BCUT2D eigenvalue weighted by Gasteiger charge is 2.35. The molecule has 2 saturated carbocycles. The molecule has 0 bridgehead atoms. The van der Waals surface area contributed by atoms with Gasteiger partial charge in [-0.1, -0.05) is 36.8 Å². The lowest BCUT2D eigenvalue weighted by Gasteiger charge is -2.15. The molecular formula is C21H28O5. The van der Waals surface area contributed by atoms with E-state index in [1.807, 2.05) is 0 Å². The van der Waals surface area contributed by atoms with E-state index in [-0.39, 0.29) is 24.1 Å². The van der Waals surface area contributed by atoms with Crippen molar-refractivity contribution in [3.05, 3.63) is 23.8 Å². The van der Waals surface area contributed by atoms with Crippen molar-refractivity contribution in [2.75, 3.05) is 7.11 Å². The van der Waals surface area contributed by atoms with Gasteiger partial charge in [-0.25, -0.2) is 0 Å². The Hall–Kier alpha value is -1.90. The van der Waals surface area contributed by atoms with Gasteiger partial charge >= 0.3 is 5.97 Å². The second-order valence-electron chi connectivity index (χ2n) is 6.99. The molecule has 142 valence electrons. The lowest BCUT2D eigenvalue weighted by molar-refractivity contribution is -0.140. The molecule has 0 aromatic heterocycles. The van der Waals surface area contributed by atoms with Gasteiger partial charge in [0.15, 0.2) is 5.78 Å². The molecule has 0 saturated heterocycles. The fourth-order valence-electron chi connectivity index (χ4n) is 3.55. The molecule has 0 spiro atoms. The number of rotatable bonds is 6. The highest BCUT2D eigenvalue weighted by atomic mass is 16.5. The van der Waals surface area contributed by atoms with Gasteiger partial charge in [-0.2, -0.15) is 0 Å². The summed E-state index contributed by atoms with van der Waals surface area (Å²) in [6.45, 7) is 0. The van der Waals surface area contributed by atoms with Gasteiger partial charge in [-0.15, -0.1) is 0 Å². The summed E-state index contributed by atoms with van der Waals surface area (Å²) in [5.41, 5.74) is 0.493. The number of aliphatic hydroxyl groups excluding tert-OH is 2. The van der Waals surface area contributed by atoms with Crippen LogP contribution >= 0.6 is 0 Å². The topological polar surface area (TPSA) is 83.8 Å². The first-order chi connectivity index (χ1) is 12.5. The second-order valence-corrected chi connectivity index (χ2v) is 6.99. The van der Waals surface area contributed by atoms with Crippen molar-refractivity contribution in [3.63, 3.8) is 0 Å². The highest BCUT2D eigenvalue weighted by Crippen LogP contribution is 2.32. The number of aliphatic hydroxyl groups is 2. The van der Waals surface area contributed by atoms with Crippen LogP contribution in [0.5, 0.6) is 0 Å². The van der Waals surface area contributed by atoms with Crippen molar-refractivity contribution in [2.24, 2.45) is 11.8 Å². The number of carbonyl (C=O) groups is 2. The van der Waals surface area contributed by atoms with E-state index < -0.39 is 18.1 Å². The number of hydrogen-bond acceptors (Lipinski definition) is 5. The van der Waals surface area contributed by atoms with Gasteiger partial charge in [-0.3, -0.25) is 9.59 Å². The lowest BCUT2D eigenvalue weighted by atomic mass is 9.95. The van der Waals surface area contributed by atoms with Gasteiger partial charge in [0, 0.05) is 30.8 Å². The predicted octanol–water partition coefficient (Wildman–Crippen LogP) is 2.32. The SMILES string of the molecule is COC(=O)CCCC#C/C=C1\C(=O)CC(O)C1/C=C/C(O)C1CCCC1. The van der Waals surface area contributed by atoms with Crippen molar-refractivity contribution in [1.29, 1.82) is 0 Å². The second kappa shape index (κ2) is 10.3. The minimum atomic E-state index is -0.762. The number of unbranched alkanes of at least 4 members (excludes halogenated alkanes) is 1. The zero-order valence-electron chi connectivity index (χ0n) is 15.3. The molecule has 0 aliphatic heterocycles. The fourth-order valence-corrected chi connectivity index (χ4v) is 3.55. The maximum absolute atomic E-state index is 12.1. The molecule has 0 aromatic carbocycles. The summed E-state index contributed by atoms with van der Waals surface area (Å²) in [6.07, 6.45) is 9.66. The van der Waals surface area contributed by atoms with Crippen LogP contribution in [0.4, 0.5) is 0 Å². The monoisotopic (exact) mass is 360 g/mol. The molecule has 0 radical (unpaired) electrons. The van der Waals surface area contributed by atoms with E-state index in [2.05, 4.69) is 16.6 Å². The van der Waals surface area contributed by atoms with E-state index in [0.717, 1.165) is 25.7 Å². The maximum atomic E-state index is 12.1. The fraction of sp³-hybridized carbons (Fsp3) is 0.619. The summed E-state index contributed by atoms with van der Waals surface area (Å²) in [7, 11) is 1.35. The molecule has 2 rings (SSSR count). The van der Waals surface area contributed by atoms with Gasteiger partial charge < -0.3 is 14.9 Å². The molecule has 3 unspecified atom stereocenters. The zero-order chi connectivity index (χ0) is 18.9. The van der Waals surface area contributed by atoms with Crippen molar-refractivity contribution in [3.8, 4) is 11.8 Å². The first-order valence-corrected chi connectivity index (χ1v) is 9.36. The molecule has 3 atom stereocenters. The van der Waals surface area contributed by atoms with E-state index >= 15 is 0 Å². The molecule has 2 aliphatic rings. The molecule has 5 nitrogen and oxygen atoms in total. The average Bonchev–Trinajstić information content (AvgIpc) is 3.24. The number of carbonyl (C=O) groups excluding carboxylic acids is 2. The molecule has 26 heavy (non-hydrogen) atoms. The van der Waals surface area contributed by atoms with Crippen LogP contribution in [0.15, 0.2) is 23.8 Å². The van der Waals surface area contributed by atoms with Crippen molar-refractivity contribution in [2.45, 2.75) is 63.6 Å². The minimum Gasteiger partial charge on any atom is -0.469 e. The van der Waals surface area contributed by atoms with Crippen molar-refractivity contribution < 1.29 is 24.5 Å². The first-order valence-electron chi connectivity index (χ1n) is 9.36.